The fourth-order valence-electron chi connectivity index (χ4n) is 3.59. The van der Waals surface area contributed by atoms with Crippen LogP contribution < -0.4 is 22.1 Å². The van der Waals surface area contributed by atoms with Gasteiger partial charge in [-0.05, 0) is 12.1 Å². The molecule has 236 valence electrons. The van der Waals surface area contributed by atoms with E-state index in [9.17, 15) is 43.3 Å². The van der Waals surface area contributed by atoms with Gasteiger partial charge in [0.1, 0.15) is 24.1 Å². The Balaban J connectivity index is 1.69. The molecule has 1 aliphatic rings. The smallest absolute Gasteiger partial charge is 0.387 e. The number of para-hydroxylation sites is 1. The van der Waals surface area contributed by atoms with E-state index in [1.807, 2.05) is 0 Å². The summed E-state index contributed by atoms with van der Waals surface area (Å²) in [6.07, 6.45) is -6.00. The van der Waals surface area contributed by atoms with Gasteiger partial charge in [-0.1, -0.05) is 24.0 Å². The van der Waals surface area contributed by atoms with Crippen molar-refractivity contribution in [3.05, 3.63) is 52.1 Å². The van der Waals surface area contributed by atoms with E-state index in [1.54, 1.807) is 31.3 Å². The molecular weight excluding hydrogens is 643 g/mol. The number of aromatic nitrogens is 2. The maximum absolute atomic E-state index is 12.5. The number of ether oxygens (including phenoxy) is 1. The van der Waals surface area contributed by atoms with E-state index in [0.29, 0.717) is 15.8 Å². The molecule has 1 aromatic heterocycles. The zero-order valence-corrected chi connectivity index (χ0v) is 24.5. The van der Waals surface area contributed by atoms with Crippen LogP contribution in [0.2, 0.25) is 0 Å². The predicted molar refractivity (Wildman–Crippen MR) is 144 cm³/mol. The maximum atomic E-state index is 12.5. The second-order valence-electron chi connectivity index (χ2n) is 8.44. The molecule has 10 N–H and O–H groups in total. The number of rotatable bonds is 11. The van der Waals surface area contributed by atoms with Crippen LogP contribution in [-0.2, 0) is 31.6 Å². The highest BCUT2D eigenvalue weighted by atomic mass is 31.3. The van der Waals surface area contributed by atoms with Gasteiger partial charge in [0.05, 0.1) is 24.3 Å². The van der Waals surface area contributed by atoms with Crippen molar-refractivity contribution < 1.29 is 66.2 Å². The summed E-state index contributed by atoms with van der Waals surface area (Å²) in [6, 6.07) is 6.73. The van der Waals surface area contributed by atoms with Crippen LogP contribution in [0.1, 0.15) is 22.1 Å². The minimum absolute atomic E-state index is 0.0357. The van der Waals surface area contributed by atoms with Gasteiger partial charge in [0.2, 0.25) is 0 Å². The number of hydrogen-bond donors (Lipinski definition) is 9. The van der Waals surface area contributed by atoms with E-state index in [2.05, 4.69) is 40.6 Å². The number of aliphatic hydroxyl groups is 2. The van der Waals surface area contributed by atoms with Crippen molar-refractivity contribution in [3.63, 3.8) is 0 Å². The van der Waals surface area contributed by atoms with Gasteiger partial charge in [-0.25, -0.2) is 18.5 Å². The van der Waals surface area contributed by atoms with E-state index in [4.69, 9.17) is 20.3 Å². The highest BCUT2D eigenvalue weighted by Gasteiger charge is 2.47. The molecule has 0 radical (unpaired) electrons. The molecule has 2 unspecified atom stereocenters. The standard InChI is InChI=1S/C20H26N5O15P3/c1-22-13-7-3-2-6-12(13)18(28)23-8-4-5-11-9-25(20(29)24-17(11)21)19-16(27)15(26)14(38-19)10-37-42(33,34)40-43(35,36)39-41(30,31)32/h2-3,6-7,9,14-16,19,22,26-27H,8,10H2,1H3,(H,23,28)(H,33,34)(H,35,36)(H2,21,24,29)(H2,30,31,32)/t14-,15-,16-,19-/m1/s1. The van der Waals surface area contributed by atoms with Gasteiger partial charge >= 0.3 is 29.2 Å². The third-order valence-corrected chi connectivity index (χ3v) is 9.21. The first-order valence-electron chi connectivity index (χ1n) is 11.7. The molecule has 2 heterocycles. The van der Waals surface area contributed by atoms with Crippen LogP contribution in [0.3, 0.4) is 0 Å². The van der Waals surface area contributed by atoms with Crippen molar-refractivity contribution in [1.29, 1.82) is 0 Å². The summed E-state index contributed by atoms with van der Waals surface area (Å²) in [5.41, 5.74) is 5.64. The number of nitrogen functional groups attached to an aromatic ring is 1. The summed E-state index contributed by atoms with van der Waals surface area (Å²) in [6.45, 7) is -1.24. The van der Waals surface area contributed by atoms with Crippen molar-refractivity contribution in [1.82, 2.24) is 14.9 Å². The molecule has 43 heavy (non-hydrogen) atoms. The summed E-state index contributed by atoms with van der Waals surface area (Å²) in [5, 5.41) is 26.2. The average Bonchev–Trinajstić information content (AvgIpc) is 3.17. The van der Waals surface area contributed by atoms with E-state index in [-0.39, 0.29) is 17.9 Å². The first-order chi connectivity index (χ1) is 19.9. The van der Waals surface area contributed by atoms with Crippen LogP contribution in [-0.4, -0.2) is 83.8 Å². The van der Waals surface area contributed by atoms with Crippen molar-refractivity contribution in [2.45, 2.75) is 24.5 Å². The third kappa shape index (κ3) is 9.50. The van der Waals surface area contributed by atoms with Gasteiger partial charge in [-0.3, -0.25) is 13.9 Å². The number of nitrogens with one attached hydrogen (secondary N) is 2. The number of benzene rings is 1. The second-order valence-corrected chi connectivity index (χ2v) is 12.9. The maximum Gasteiger partial charge on any atom is 0.490 e. The molecule has 0 spiro atoms. The van der Waals surface area contributed by atoms with Crippen molar-refractivity contribution in [2.24, 2.45) is 0 Å². The lowest BCUT2D eigenvalue weighted by Gasteiger charge is -2.19. The number of hydrogen-bond acceptors (Lipinski definition) is 14. The van der Waals surface area contributed by atoms with Crippen molar-refractivity contribution in [2.75, 3.05) is 31.2 Å². The van der Waals surface area contributed by atoms with Crippen LogP contribution in [0.25, 0.3) is 0 Å². The summed E-state index contributed by atoms with van der Waals surface area (Å²) < 4.78 is 51.8. The molecule has 1 aromatic carbocycles. The van der Waals surface area contributed by atoms with E-state index in [0.717, 1.165) is 6.20 Å². The van der Waals surface area contributed by atoms with Crippen LogP contribution in [0, 0.1) is 11.8 Å². The largest absolute Gasteiger partial charge is 0.490 e. The van der Waals surface area contributed by atoms with E-state index in [1.165, 1.54) is 0 Å². The molecule has 0 bridgehead atoms. The summed E-state index contributed by atoms with van der Waals surface area (Å²) in [7, 11) is -15.3. The number of amides is 1. The minimum atomic E-state index is -5.80. The molecule has 20 nitrogen and oxygen atoms in total. The Kier molecular flexibility index (Phi) is 11.0. The highest BCUT2D eigenvalue weighted by molar-refractivity contribution is 7.66. The number of phosphoric acid groups is 3. The van der Waals surface area contributed by atoms with Gasteiger partial charge in [0.15, 0.2) is 6.23 Å². The Morgan fingerprint density at radius 3 is 2.44 bits per heavy atom. The fraction of sp³-hybridized carbons (Fsp3) is 0.350. The fourth-order valence-corrected chi connectivity index (χ4v) is 6.62. The summed E-state index contributed by atoms with van der Waals surface area (Å²) in [5.74, 6) is 4.50. The van der Waals surface area contributed by atoms with Gasteiger partial charge < -0.3 is 50.9 Å². The number of carbonyl (C=O) groups is 1. The average molecular weight is 669 g/mol. The quantitative estimate of drug-likeness (QED) is 0.0982. The summed E-state index contributed by atoms with van der Waals surface area (Å²) >= 11 is 0. The SMILES string of the molecule is CNc1ccccc1C(=O)NCC#Cc1cn([C@@H]2O[C@H](COP(=O)(O)OP(=O)(O)OP(=O)(O)O)[C@@H](O)[C@H]2O)c(=O)nc1N. The number of anilines is 2. The first kappa shape index (κ1) is 34.5. The third-order valence-electron chi connectivity index (χ3n) is 5.41. The Hall–Kier alpha value is -2.98. The first-order valence-corrected chi connectivity index (χ1v) is 16.2. The van der Waals surface area contributed by atoms with Gasteiger partial charge in [0.25, 0.3) is 5.91 Å². The predicted octanol–water partition coefficient (Wildman–Crippen LogP) is -1.39. The topological polar surface area (TPSA) is 312 Å². The Bertz CT molecular complexity index is 1620. The molecule has 6 atom stereocenters. The molecule has 0 saturated carbocycles. The van der Waals surface area contributed by atoms with Gasteiger partial charge in [0, 0.05) is 18.9 Å². The molecule has 0 aliphatic carbocycles. The lowest BCUT2D eigenvalue weighted by molar-refractivity contribution is -0.0541. The number of aliphatic hydroxyl groups excluding tert-OH is 2. The Labute approximate surface area is 241 Å². The van der Waals surface area contributed by atoms with E-state index >= 15 is 0 Å². The molecule has 1 aliphatic heterocycles. The van der Waals surface area contributed by atoms with Gasteiger partial charge in [-0.15, -0.1) is 0 Å². The van der Waals surface area contributed by atoms with Crippen LogP contribution in [0.4, 0.5) is 11.5 Å². The molecule has 1 fully saturated rings. The lowest BCUT2D eigenvalue weighted by atomic mass is 10.1. The van der Waals surface area contributed by atoms with Crippen LogP contribution in [0.5, 0.6) is 0 Å². The highest BCUT2D eigenvalue weighted by Crippen LogP contribution is 2.66. The number of nitrogens with two attached hydrogens (primary N) is 1. The van der Waals surface area contributed by atoms with Crippen LogP contribution >= 0.6 is 23.5 Å². The number of carbonyl (C=O) groups excluding carboxylic acids is 1. The monoisotopic (exact) mass is 669 g/mol. The molecule has 23 heteroatoms. The number of phosphoric ester groups is 1. The zero-order valence-electron chi connectivity index (χ0n) is 21.8. The Morgan fingerprint density at radius 1 is 1.12 bits per heavy atom. The molecule has 2 aromatic rings. The molecular formula is C20H26N5O15P3. The van der Waals surface area contributed by atoms with Crippen LogP contribution in [0.15, 0.2) is 35.3 Å². The van der Waals surface area contributed by atoms with Gasteiger partial charge in [-0.2, -0.15) is 13.6 Å². The van der Waals surface area contributed by atoms with E-state index < -0.39 is 66.2 Å². The Morgan fingerprint density at radius 2 is 1.79 bits per heavy atom. The number of nitrogens with zero attached hydrogens (tertiary/aromatic N) is 2. The second kappa shape index (κ2) is 13.8. The summed E-state index contributed by atoms with van der Waals surface area (Å²) in [4.78, 5) is 64.5. The minimum Gasteiger partial charge on any atom is -0.387 e. The molecule has 3 rings (SSSR count). The molecule has 1 saturated heterocycles. The zero-order chi connectivity index (χ0) is 32.2. The van der Waals surface area contributed by atoms with Crippen molar-refractivity contribution in [3.8, 4) is 11.8 Å². The van der Waals surface area contributed by atoms with Crippen molar-refractivity contribution >= 4 is 40.9 Å². The lowest BCUT2D eigenvalue weighted by Crippen LogP contribution is -2.36. The molecule has 1 amide bonds. The normalized spacial score (nSPS) is 23.0.